The Balaban J connectivity index is 2.28. The van der Waals surface area contributed by atoms with Crippen LogP contribution in [0, 0.1) is 11.3 Å². The second-order valence-corrected chi connectivity index (χ2v) is 5.09. The topological polar surface area (TPSA) is 17.1 Å². The van der Waals surface area contributed by atoms with Crippen LogP contribution in [0.1, 0.15) is 39.0 Å². The molecule has 0 N–H and O–H groups in total. The van der Waals surface area contributed by atoms with Crippen LogP contribution in [-0.2, 0) is 4.79 Å². The number of hydrogen-bond acceptors (Lipinski definition) is 1. The Morgan fingerprint density at radius 3 is 2.81 bits per heavy atom. The number of allylic oxidation sites excluding steroid dienone is 5. The van der Waals surface area contributed by atoms with Crippen LogP contribution in [0.3, 0.4) is 0 Å². The molecule has 0 amide bonds. The summed E-state index contributed by atoms with van der Waals surface area (Å²) >= 11 is 0. The number of carbonyl (C=O) groups excluding carboxylic acids is 1. The lowest BCUT2D eigenvalue weighted by Crippen LogP contribution is -2.37. The predicted molar refractivity (Wildman–Crippen MR) is 67.1 cm³/mol. The molecule has 0 radical (unpaired) electrons. The van der Waals surface area contributed by atoms with Gasteiger partial charge in [0.1, 0.15) is 0 Å². The Hall–Kier alpha value is -1.11. The minimum absolute atomic E-state index is 0.0625. The summed E-state index contributed by atoms with van der Waals surface area (Å²) in [5, 5.41) is 0. The molecule has 86 valence electrons. The van der Waals surface area contributed by atoms with Gasteiger partial charge in [-0.05, 0) is 50.5 Å². The minimum Gasteiger partial charge on any atom is -0.294 e. The van der Waals surface area contributed by atoms with Crippen molar-refractivity contribution >= 4 is 5.78 Å². The molecule has 0 aromatic heterocycles. The zero-order valence-electron chi connectivity index (χ0n) is 10.0. The van der Waals surface area contributed by atoms with Gasteiger partial charge in [-0.15, -0.1) is 0 Å². The van der Waals surface area contributed by atoms with Crippen LogP contribution < -0.4 is 0 Å². The molecular formula is C15H20O. The molecule has 1 fully saturated rings. The van der Waals surface area contributed by atoms with Crippen molar-refractivity contribution in [1.82, 2.24) is 0 Å². The molecule has 1 nitrogen and oxygen atoms in total. The first kappa shape index (κ1) is 11.4. The van der Waals surface area contributed by atoms with Gasteiger partial charge in [0, 0.05) is 5.92 Å². The van der Waals surface area contributed by atoms with Gasteiger partial charge in [-0.1, -0.05) is 30.4 Å². The highest BCUT2D eigenvalue weighted by Crippen LogP contribution is 2.52. The van der Waals surface area contributed by atoms with Gasteiger partial charge in [0.05, 0.1) is 0 Å². The Labute approximate surface area is 97.9 Å². The van der Waals surface area contributed by atoms with Gasteiger partial charge in [0.15, 0.2) is 5.78 Å². The van der Waals surface area contributed by atoms with E-state index >= 15 is 0 Å². The van der Waals surface area contributed by atoms with E-state index in [1.54, 1.807) is 6.08 Å². The van der Waals surface area contributed by atoms with Crippen LogP contribution in [0.5, 0.6) is 0 Å². The third-order valence-corrected chi connectivity index (χ3v) is 4.02. The number of hydrogen-bond donors (Lipinski definition) is 0. The predicted octanol–water partition coefficient (Wildman–Crippen LogP) is 3.82. The first-order valence-corrected chi connectivity index (χ1v) is 6.19. The summed E-state index contributed by atoms with van der Waals surface area (Å²) in [7, 11) is 0. The largest absolute Gasteiger partial charge is 0.294 e. The Morgan fingerprint density at radius 1 is 1.50 bits per heavy atom. The summed E-state index contributed by atoms with van der Waals surface area (Å²) in [5.41, 5.74) is 1.32. The molecule has 0 saturated heterocycles. The van der Waals surface area contributed by atoms with E-state index < -0.39 is 0 Å². The van der Waals surface area contributed by atoms with Crippen LogP contribution >= 0.6 is 0 Å². The van der Waals surface area contributed by atoms with Crippen LogP contribution in [0.4, 0.5) is 0 Å². The summed E-state index contributed by atoms with van der Waals surface area (Å²) in [5.74, 6) is 0.323. The number of carbonyl (C=O) groups is 1. The first-order valence-electron chi connectivity index (χ1n) is 6.19. The molecule has 1 spiro atoms. The molecule has 1 unspecified atom stereocenters. The van der Waals surface area contributed by atoms with E-state index in [0.717, 1.165) is 24.8 Å². The van der Waals surface area contributed by atoms with Crippen molar-refractivity contribution in [2.45, 2.75) is 39.0 Å². The Bertz CT molecular complexity index is 352. The van der Waals surface area contributed by atoms with E-state index in [2.05, 4.69) is 18.7 Å². The zero-order chi connectivity index (χ0) is 11.6. The lowest BCUT2D eigenvalue weighted by Gasteiger charge is -2.41. The molecule has 1 heteroatoms. The van der Waals surface area contributed by atoms with Crippen molar-refractivity contribution in [2.24, 2.45) is 11.3 Å². The van der Waals surface area contributed by atoms with E-state index in [4.69, 9.17) is 0 Å². The molecule has 2 aliphatic rings. The molecule has 1 atom stereocenters. The summed E-state index contributed by atoms with van der Waals surface area (Å²) in [6, 6.07) is 0. The van der Waals surface area contributed by atoms with Crippen molar-refractivity contribution in [2.75, 3.05) is 0 Å². The third kappa shape index (κ3) is 1.79. The van der Waals surface area contributed by atoms with Crippen molar-refractivity contribution in [3.8, 4) is 0 Å². The SMILES string of the molecule is C=C1CCCC2(CC=CC2)C1C(=O)/C=C/C. The van der Waals surface area contributed by atoms with Gasteiger partial charge in [-0.25, -0.2) is 0 Å². The van der Waals surface area contributed by atoms with Gasteiger partial charge >= 0.3 is 0 Å². The maximum Gasteiger partial charge on any atom is 0.163 e. The molecule has 16 heavy (non-hydrogen) atoms. The fourth-order valence-electron chi connectivity index (χ4n) is 3.31. The molecular weight excluding hydrogens is 196 g/mol. The van der Waals surface area contributed by atoms with Gasteiger partial charge in [0.2, 0.25) is 0 Å². The fraction of sp³-hybridized carbons (Fsp3) is 0.533. The van der Waals surface area contributed by atoms with Gasteiger partial charge < -0.3 is 0 Å². The minimum atomic E-state index is 0.0625. The molecule has 0 aromatic carbocycles. The van der Waals surface area contributed by atoms with Gasteiger partial charge in [-0.3, -0.25) is 4.79 Å². The van der Waals surface area contributed by atoms with E-state index in [1.807, 2.05) is 13.0 Å². The highest BCUT2D eigenvalue weighted by Gasteiger charge is 2.45. The van der Waals surface area contributed by atoms with Gasteiger partial charge in [-0.2, -0.15) is 0 Å². The molecule has 2 rings (SSSR count). The zero-order valence-corrected chi connectivity index (χ0v) is 10.0. The first-order chi connectivity index (χ1) is 7.69. The average Bonchev–Trinajstić information content (AvgIpc) is 2.67. The monoisotopic (exact) mass is 216 g/mol. The van der Waals surface area contributed by atoms with E-state index in [1.165, 1.54) is 12.8 Å². The normalized spacial score (nSPS) is 28.1. The van der Waals surface area contributed by atoms with Crippen molar-refractivity contribution in [3.05, 3.63) is 36.5 Å². The molecule has 0 aliphatic heterocycles. The molecule has 2 aliphatic carbocycles. The quantitative estimate of drug-likeness (QED) is 0.506. The third-order valence-electron chi connectivity index (χ3n) is 4.02. The summed E-state index contributed by atoms with van der Waals surface area (Å²) < 4.78 is 0. The highest BCUT2D eigenvalue weighted by molar-refractivity contribution is 5.94. The van der Waals surface area contributed by atoms with Crippen LogP contribution in [0.25, 0.3) is 0 Å². The Morgan fingerprint density at radius 2 is 2.19 bits per heavy atom. The van der Waals surface area contributed by atoms with Crippen molar-refractivity contribution in [3.63, 3.8) is 0 Å². The summed E-state index contributed by atoms with van der Waals surface area (Å²) in [4.78, 5) is 12.2. The number of ketones is 1. The Kier molecular flexibility index (Phi) is 3.13. The second kappa shape index (κ2) is 4.40. The smallest absolute Gasteiger partial charge is 0.163 e. The summed E-state index contributed by atoms with van der Waals surface area (Å²) in [6.45, 7) is 6.04. The average molecular weight is 216 g/mol. The van der Waals surface area contributed by atoms with Crippen LogP contribution in [0.15, 0.2) is 36.5 Å². The number of rotatable bonds is 2. The fourth-order valence-corrected chi connectivity index (χ4v) is 3.31. The summed E-state index contributed by atoms with van der Waals surface area (Å²) in [6.07, 6.45) is 13.5. The molecule has 0 heterocycles. The second-order valence-electron chi connectivity index (χ2n) is 5.09. The van der Waals surface area contributed by atoms with E-state index in [-0.39, 0.29) is 17.1 Å². The van der Waals surface area contributed by atoms with Crippen LogP contribution in [0.2, 0.25) is 0 Å². The van der Waals surface area contributed by atoms with E-state index in [9.17, 15) is 4.79 Å². The maximum atomic E-state index is 12.2. The lowest BCUT2D eigenvalue weighted by molar-refractivity contribution is -0.121. The van der Waals surface area contributed by atoms with Crippen LogP contribution in [-0.4, -0.2) is 5.78 Å². The highest BCUT2D eigenvalue weighted by atomic mass is 16.1. The molecule has 0 aromatic rings. The molecule has 1 saturated carbocycles. The maximum absolute atomic E-state index is 12.2. The van der Waals surface area contributed by atoms with Crippen molar-refractivity contribution < 1.29 is 4.79 Å². The van der Waals surface area contributed by atoms with Gasteiger partial charge in [0.25, 0.3) is 0 Å². The van der Waals surface area contributed by atoms with E-state index in [0.29, 0.717) is 0 Å². The molecule has 0 bridgehead atoms. The lowest BCUT2D eigenvalue weighted by atomic mass is 9.61. The standard InChI is InChI=1S/C15H20O/c1-3-7-13(16)14-12(2)8-6-11-15(14)9-4-5-10-15/h3-5,7,14H,2,6,8-11H2,1H3/b7-3+. The van der Waals surface area contributed by atoms with Crippen molar-refractivity contribution in [1.29, 1.82) is 0 Å².